The highest BCUT2D eigenvalue weighted by Gasteiger charge is 2.16. The Bertz CT molecular complexity index is 548. The summed E-state index contributed by atoms with van der Waals surface area (Å²) in [6, 6.07) is 4.10. The molecule has 0 aliphatic heterocycles. The van der Waals surface area contributed by atoms with E-state index in [2.05, 4.69) is 10.9 Å². The lowest BCUT2D eigenvalue weighted by Crippen LogP contribution is -1.96. The quantitative estimate of drug-likeness (QED) is 0.597. The van der Waals surface area contributed by atoms with Crippen molar-refractivity contribution in [2.24, 2.45) is 0 Å². The zero-order chi connectivity index (χ0) is 11.6. The zero-order valence-corrected chi connectivity index (χ0v) is 8.84. The Labute approximate surface area is 89.0 Å². The minimum atomic E-state index is 0.303. The number of nitriles is 2. The minimum Gasteiger partial charge on any atom is -0.236 e. The van der Waals surface area contributed by atoms with Crippen molar-refractivity contribution in [3.63, 3.8) is 0 Å². The summed E-state index contributed by atoms with van der Waals surface area (Å²) in [7, 11) is 0. The van der Waals surface area contributed by atoms with Gasteiger partial charge in [-0.25, -0.2) is 4.85 Å². The SMILES string of the molecule is [C-]#[N+]c1c(C)c(C#N)c(C)c(C)c1C#N. The second kappa shape index (κ2) is 3.82. The van der Waals surface area contributed by atoms with E-state index in [4.69, 9.17) is 17.1 Å². The van der Waals surface area contributed by atoms with Crippen LogP contribution in [0.5, 0.6) is 0 Å². The molecule has 1 aromatic rings. The van der Waals surface area contributed by atoms with Crippen molar-refractivity contribution in [2.45, 2.75) is 20.8 Å². The van der Waals surface area contributed by atoms with Gasteiger partial charge in [-0.05, 0) is 37.5 Å². The van der Waals surface area contributed by atoms with Crippen molar-refractivity contribution in [1.29, 1.82) is 10.5 Å². The Morgan fingerprint density at radius 3 is 1.80 bits per heavy atom. The van der Waals surface area contributed by atoms with Crippen LogP contribution in [0.4, 0.5) is 5.69 Å². The van der Waals surface area contributed by atoms with E-state index in [1.54, 1.807) is 20.8 Å². The van der Waals surface area contributed by atoms with Crippen molar-refractivity contribution in [1.82, 2.24) is 0 Å². The second-order valence-electron chi connectivity index (χ2n) is 3.31. The fourth-order valence-electron chi connectivity index (χ4n) is 1.58. The second-order valence-corrected chi connectivity index (χ2v) is 3.31. The van der Waals surface area contributed by atoms with Gasteiger partial charge in [0.15, 0.2) is 0 Å². The van der Waals surface area contributed by atoms with Crippen LogP contribution in [0.1, 0.15) is 27.8 Å². The highest BCUT2D eigenvalue weighted by atomic mass is 14.7. The summed E-state index contributed by atoms with van der Waals surface area (Å²) in [6.07, 6.45) is 0. The molecule has 0 radical (unpaired) electrons. The predicted octanol–water partition coefficient (Wildman–Crippen LogP) is 2.91. The van der Waals surface area contributed by atoms with Gasteiger partial charge < -0.3 is 0 Å². The Hall–Kier alpha value is -2.31. The lowest BCUT2D eigenvalue weighted by atomic mass is 9.93. The number of benzene rings is 1. The molecule has 0 aliphatic rings. The zero-order valence-electron chi connectivity index (χ0n) is 8.84. The summed E-state index contributed by atoms with van der Waals surface area (Å²) in [6.45, 7) is 12.3. The molecule has 72 valence electrons. The molecule has 0 fully saturated rings. The van der Waals surface area contributed by atoms with Gasteiger partial charge in [-0.2, -0.15) is 10.5 Å². The van der Waals surface area contributed by atoms with E-state index in [9.17, 15) is 0 Å². The van der Waals surface area contributed by atoms with Gasteiger partial charge in [0.05, 0.1) is 24.3 Å². The van der Waals surface area contributed by atoms with Crippen LogP contribution in [0, 0.1) is 50.0 Å². The van der Waals surface area contributed by atoms with Crippen molar-refractivity contribution < 1.29 is 0 Å². The molecule has 3 heteroatoms. The van der Waals surface area contributed by atoms with Gasteiger partial charge in [0, 0.05) is 5.56 Å². The molecule has 0 spiro atoms. The van der Waals surface area contributed by atoms with Gasteiger partial charge in [-0.1, -0.05) is 0 Å². The average Bonchev–Trinajstić information content (AvgIpc) is 2.23. The topological polar surface area (TPSA) is 51.9 Å². The molecule has 3 nitrogen and oxygen atoms in total. The first kappa shape index (κ1) is 10.8. The fourth-order valence-corrected chi connectivity index (χ4v) is 1.58. The van der Waals surface area contributed by atoms with Crippen LogP contribution in [-0.2, 0) is 0 Å². The Morgan fingerprint density at radius 1 is 0.933 bits per heavy atom. The van der Waals surface area contributed by atoms with Crippen molar-refractivity contribution in [3.05, 3.63) is 39.2 Å². The average molecular weight is 195 g/mol. The largest absolute Gasteiger partial charge is 0.236 e. The number of hydrogen-bond donors (Lipinski definition) is 0. The first-order valence-electron chi connectivity index (χ1n) is 4.39. The molecule has 1 aromatic carbocycles. The summed E-state index contributed by atoms with van der Waals surface area (Å²) in [5, 5.41) is 17.9. The third-order valence-corrected chi connectivity index (χ3v) is 2.61. The molecule has 0 amide bonds. The van der Waals surface area contributed by atoms with Gasteiger partial charge >= 0.3 is 0 Å². The standard InChI is InChI=1S/C12H9N3/c1-7-8(2)11(6-14)12(15-4)9(3)10(7)5-13/h1-3H3. The van der Waals surface area contributed by atoms with Crippen molar-refractivity contribution in [3.8, 4) is 12.1 Å². The van der Waals surface area contributed by atoms with E-state index >= 15 is 0 Å². The molecule has 0 atom stereocenters. The molecule has 0 N–H and O–H groups in total. The highest BCUT2D eigenvalue weighted by molar-refractivity contribution is 5.72. The lowest BCUT2D eigenvalue weighted by Gasteiger charge is -2.10. The van der Waals surface area contributed by atoms with E-state index < -0.39 is 0 Å². The van der Waals surface area contributed by atoms with Gasteiger partial charge in [-0.3, -0.25) is 0 Å². The van der Waals surface area contributed by atoms with Gasteiger partial charge in [0.2, 0.25) is 5.69 Å². The van der Waals surface area contributed by atoms with Gasteiger partial charge in [0.25, 0.3) is 0 Å². The van der Waals surface area contributed by atoms with Crippen LogP contribution < -0.4 is 0 Å². The smallest absolute Gasteiger partial charge is 0.209 e. The van der Waals surface area contributed by atoms with E-state index in [-0.39, 0.29) is 0 Å². The first-order chi connectivity index (χ1) is 7.08. The first-order valence-corrected chi connectivity index (χ1v) is 4.39. The molecule has 0 aliphatic carbocycles. The normalized spacial score (nSPS) is 8.80. The Kier molecular flexibility index (Phi) is 2.75. The minimum absolute atomic E-state index is 0.303. The van der Waals surface area contributed by atoms with E-state index in [1.165, 1.54) is 0 Å². The Morgan fingerprint density at radius 2 is 1.40 bits per heavy atom. The molecular formula is C12H9N3. The maximum atomic E-state index is 8.97. The van der Waals surface area contributed by atoms with Crippen LogP contribution in [0.2, 0.25) is 0 Å². The van der Waals surface area contributed by atoms with Crippen LogP contribution in [-0.4, -0.2) is 0 Å². The number of nitrogens with zero attached hydrogens (tertiary/aromatic N) is 3. The highest BCUT2D eigenvalue weighted by Crippen LogP contribution is 2.32. The lowest BCUT2D eigenvalue weighted by molar-refractivity contribution is 1.25. The molecule has 1 rings (SSSR count). The van der Waals surface area contributed by atoms with E-state index in [0.29, 0.717) is 22.4 Å². The van der Waals surface area contributed by atoms with Crippen LogP contribution in [0.15, 0.2) is 0 Å². The summed E-state index contributed by atoms with van der Waals surface area (Å²) >= 11 is 0. The molecular weight excluding hydrogens is 186 g/mol. The van der Waals surface area contributed by atoms with Crippen molar-refractivity contribution in [2.75, 3.05) is 0 Å². The fraction of sp³-hybridized carbons (Fsp3) is 0.250. The summed E-state index contributed by atoms with van der Waals surface area (Å²) in [5.74, 6) is 0. The third-order valence-electron chi connectivity index (χ3n) is 2.61. The predicted molar refractivity (Wildman–Crippen MR) is 56.3 cm³/mol. The summed E-state index contributed by atoms with van der Waals surface area (Å²) in [5.41, 5.74) is 3.32. The van der Waals surface area contributed by atoms with Gasteiger partial charge in [-0.15, -0.1) is 0 Å². The van der Waals surface area contributed by atoms with E-state index in [0.717, 1.165) is 11.1 Å². The summed E-state index contributed by atoms with van der Waals surface area (Å²) in [4.78, 5) is 3.33. The van der Waals surface area contributed by atoms with Gasteiger partial charge in [0.1, 0.15) is 0 Å². The molecule has 15 heavy (non-hydrogen) atoms. The summed E-state index contributed by atoms with van der Waals surface area (Å²) < 4.78 is 0. The van der Waals surface area contributed by atoms with Crippen LogP contribution >= 0.6 is 0 Å². The maximum Gasteiger partial charge on any atom is 0.209 e. The molecule has 0 bridgehead atoms. The van der Waals surface area contributed by atoms with Crippen molar-refractivity contribution >= 4 is 5.69 Å². The molecule has 0 saturated carbocycles. The number of hydrogen-bond acceptors (Lipinski definition) is 2. The molecule has 0 heterocycles. The molecule has 0 aromatic heterocycles. The Balaban J connectivity index is 3.88. The third kappa shape index (κ3) is 1.43. The number of rotatable bonds is 0. The molecule has 0 unspecified atom stereocenters. The molecule has 0 saturated heterocycles. The monoisotopic (exact) mass is 195 g/mol. The van der Waals surface area contributed by atoms with E-state index in [1.807, 2.05) is 6.07 Å². The van der Waals surface area contributed by atoms with Crippen LogP contribution in [0.25, 0.3) is 4.85 Å². The van der Waals surface area contributed by atoms with Crippen LogP contribution in [0.3, 0.4) is 0 Å². The maximum absolute atomic E-state index is 8.97.